The molecule has 2 aliphatic heterocycles. The highest BCUT2D eigenvalue weighted by Crippen LogP contribution is 2.34. The summed E-state index contributed by atoms with van der Waals surface area (Å²) in [5.74, 6) is -1.18. The molecule has 0 saturated carbocycles. The van der Waals surface area contributed by atoms with Crippen LogP contribution in [0.5, 0.6) is 5.75 Å². The number of para-hydroxylation sites is 1. The van der Waals surface area contributed by atoms with E-state index in [9.17, 15) is 22.8 Å². The molecule has 2 aromatic rings. The third-order valence-corrected chi connectivity index (χ3v) is 8.12. The topological polar surface area (TPSA) is 123 Å². The number of ether oxygens (including phenoxy) is 3. The summed E-state index contributed by atoms with van der Waals surface area (Å²) in [6, 6.07) is 11.2. The van der Waals surface area contributed by atoms with Crippen molar-refractivity contribution in [1.29, 1.82) is 0 Å². The van der Waals surface area contributed by atoms with Crippen LogP contribution in [0.25, 0.3) is 0 Å². The van der Waals surface area contributed by atoms with Gasteiger partial charge in [0, 0.05) is 32.7 Å². The second-order valence-electron chi connectivity index (χ2n) is 8.46. The van der Waals surface area contributed by atoms with Gasteiger partial charge in [-0.1, -0.05) is 18.2 Å². The average molecular weight is 532 g/mol. The molecule has 2 aromatic carbocycles. The first kappa shape index (κ1) is 26.3. The lowest BCUT2D eigenvalue weighted by Crippen LogP contribution is -2.51. The fraction of sp³-hybridized carbons (Fsp3) is 0.400. The Hall–Kier alpha value is -3.80. The summed E-state index contributed by atoms with van der Waals surface area (Å²) in [5.41, 5.74) is 1.44. The SMILES string of the molecule is CCOC(=O)N1CCN(C(=O)COC(=O)c2cc(S(=O)(=O)N3CCc4ccccc43)ccc2OC)CC1. The molecule has 37 heavy (non-hydrogen) atoms. The van der Waals surface area contributed by atoms with Crippen molar-refractivity contribution in [3.05, 3.63) is 53.6 Å². The Bertz CT molecular complexity index is 1290. The van der Waals surface area contributed by atoms with Crippen LogP contribution < -0.4 is 9.04 Å². The first-order chi connectivity index (χ1) is 17.8. The Labute approximate surface area is 215 Å². The van der Waals surface area contributed by atoms with Gasteiger partial charge in [-0.05, 0) is 43.2 Å². The lowest BCUT2D eigenvalue weighted by Gasteiger charge is -2.33. The van der Waals surface area contributed by atoms with Gasteiger partial charge in [-0.25, -0.2) is 18.0 Å². The number of hydrogen-bond acceptors (Lipinski definition) is 8. The molecule has 2 aliphatic rings. The molecule has 0 radical (unpaired) electrons. The third kappa shape index (κ3) is 5.48. The Kier molecular flexibility index (Phi) is 7.86. The number of sulfonamides is 1. The average Bonchev–Trinajstić information content (AvgIpc) is 3.36. The van der Waals surface area contributed by atoms with Crippen molar-refractivity contribution in [3.63, 3.8) is 0 Å². The fourth-order valence-electron chi connectivity index (χ4n) is 4.34. The van der Waals surface area contributed by atoms with E-state index in [-0.39, 0.29) is 35.9 Å². The second-order valence-corrected chi connectivity index (χ2v) is 10.3. The summed E-state index contributed by atoms with van der Waals surface area (Å²) < 4.78 is 43.5. The maximum atomic E-state index is 13.4. The lowest BCUT2D eigenvalue weighted by molar-refractivity contribution is -0.136. The number of benzene rings is 2. The molecule has 0 atom stereocenters. The van der Waals surface area contributed by atoms with Gasteiger partial charge in [-0.15, -0.1) is 0 Å². The van der Waals surface area contributed by atoms with Crippen molar-refractivity contribution in [1.82, 2.24) is 9.80 Å². The van der Waals surface area contributed by atoms with Crippen LogP contribution in [0.2, 0.25) is 0 Å². The minimum atomic E-state index is -3.95. The van der Waals surface area contributed by atoms with Gasteiger partial charge in [0.05, 0.1) is 24.3 Å². The van der Waals surface area contributed by atoms with Gasteiger partial charge in [0.15, 0.2) is 6.61 Å². The fourth-order valence-corrected chi connectivity index (χ4v) is 5.87. The van der Waals surface area contributed by atoms with Gasteiger partial charge in [-0.2, -0.15) is 0 Å². The summed E-state index contributed by atoms with van der Waals surface area (Å²) >= 11 is 0. The zero-order valence-corrected chi connectivity index (χ0v) is 21.5. The maximum Gasteiger partial charge on any atom is 0.409 e. The summed E-state index contributed by atoms with van der Waals surface area (Å²) in [4.78, 5) is 40.2. The van der Waals surface area contributed by atoms with E-state index in [0.717, 1.165) is 5.56 Å². The molecule has 0 N–H and O–H groups in total. The number of anilines is 1. The highest BCUT2D eigenvalue weighted by molar-refractivity contribution is 7.92. The van der Waals surface area contributed by atoms with Gasteiger partial charge >= 0.3 is 12.1 Å². The van der Waals surface area contributed by atoms with Gasteiger partial charge in [0.1, 0.15) is 11.3 Å². The van der Waals surface area contributed by atoms with Crippen molar-refractivity contribution in [2.24, 2.45) is 0 Å². The maximum absolute atomic E-state index is 13.4. The van der Waals surface area contributed by atoms with E-state index >= 15 is 0 Å². The Morgan fingerprint density at radius 3 is 2.32 bits per heavy atom. The van der Waals surface area contributed by atoms with E-state index in [1.54, 1.807) is 19.1 Å². The van der Waals surface area contributed by atoms with Crippen LogP contribution in [0.4, 0.5) is 10.5 Å². The zero-order chi connectivity index (χ0) is 26.6. The predicted molar refractivity (Wildman–Crippen MR) is 133 cm³/mol. The van der Waals surface area contributed by atoms with E-state index < -0.39 is 34.6 Å². The molecule has 0 aliphatic carbocycles. The van der Waals surface area contributed by atoms with Crippen molar-refractivity contribution < 1.29 is 37.0 Å². The molecule has 12 heteroatoms. The Balaban J connectivity index is 1.43. The summed E-state index contributed by atoms with van der Waals surface area (Å²) in [5, 5.41) is 0. The quantitative estimate of drug-likeness (QED) is 0.497. The van der Waals surface area contributed by atoms with Gasteiger partial charge in [0.2, 0.25) is 0 Å². The largest absolute Gasteiger partial charge is 0.496 e. The monoisotopic (exact) mass is 531 g/mol. The number of piperazine rings is 1. The summed E-state index contributed by atoms with van der Waals surface area (Å²) in [6.07, 6.45) is 0.164. The van der Waals surface area contributed by atoms with Gasteiger partial charge in [-0.3, -0.25) is 9.10 Å². The van der Waals surface area contributed by atoms with Crippen LogP contribution in [0, 0.1) is 0 Å². The number of amides is 2. The van der Waals surface area contributed by atoms with E-state index in [0.29, 0.717) is 31.7 Å². The van der Waals surface area contributed by atoms with E-state index in [4.69, 9.17) is 14.2 Å². The smallest absolute Gasteiger partial charge is 0.409 e. The molecule has 0 unspecified atom stereocenters. The third-order valence-electron chi connectivity index (χ3n) is 6.31. The molecule has 2 amide bonds. The summed E-state index contributed by atoms with van der Waals surface area (Å²) in [7, 11) is -2.59. The zero-order valence-electron chi connectivity index (χ0n) is 20.7. The van der Waals surface area contributed by atoms with Crippen molar-refractivity contribution in [2.45, 2.75) is 18.2 Å². The van der Waals surface area contributed by atoms with Crippen LogP contribution in [0.3, 0.4) is 0 Å². The molecular weight excluding hydrogens is 502 g/mol. The first-order valence-corrected chi connectivity index (χ1v) is 13.4. The number of rotatable bonds is 7. The van der Waals surface area contributed by atoms with E-state index in [1.807, 2.05) is 12.1 Å². The molecule has 1 saturated heterocycles. The van der Waals surface area contributed by atoms with Gasteiger partial charge < -0.3 is 24.0 Å². The standard InChI is InChI=1S/C25H29N3O8S/c1-3-35-25(31)27-14-12-26(13-15-27)23(29)17-36-24(30)20-16-19(8-9-22(20)34-2)37(32,33)28-11-10-18-6-4-5-7-21(18)28/h4-9,16H,3,10-15,17H2,1-2H3. The van der Waals surface area contributed by atoms with E-state index in [1.165, 1.54) is 39.4 Å². The normalized spacial score (nSPS) is 15.2. The van der Waals surface area contributed by atoms with Crippen LogP contribution in [0.15, 0.2) is 47.4 Å². The molecule has 11 nitrogen and oxygen atoms in total. The van der Waals surface area contributed by atoms with Crippen LogP contribution in [-0.2, 0) is 30.7 Å². The molecule has 198 valence electrons. The van der Waals surface area contributed by atoms with Crippen molar-refractivity contribution >= 4 is 33.7 Å². The lowest BCUT2D eigenvalue weighted by atomic mass is 10.2. The number of carbonyl (C=O) groups is 3. The summed E-state index contributed by atoms with van der Waals surface area (Å²) in [6.45, 7) is 2.94. The predicted octanol–water partition coefficient (Wildman–Crippen LogP) is 1.90. The highest BCUT2D eigenvalue weighted by Gasteiger charge is 2.32. The minimum absolute atomic E-state index is 0.0848. The molecule has 0 spiro atoms. The van der Waals surface area contributed by atoms with Crippen LogP contribution in [-0.4, -0.2) is 89.2 Å². The number of nitrogens with zero attached hydrogens (tertiary/aromatic N) is 3. The number of esters is 1. The number of fused-ring (bicyclic) bond motifs is 1. The first-order valence-electron chi connectivity index (χ1n) is 11.9. The number of carbonyl (C=O) groups excluding carboxylic acids is 3. The highest BCUT2D eigenvalue weighted by atomic mass is 32.2. The number of hydrogen-bond donors (Lipinski definition) is 0. The van der Waals surface area contributed by atoms with Gasteiger partial charge in [0.25, 0.3) is 15.9 Å². The van der Waals surface area contributed by atoms with E-state index in [2.05, 4.69) is 0 Å². The van der Waals surface area contributed by atoms with Crippen molar-refractivity contribution in [2.75, 3.05) is 57.4 Å². The number of methoxy groups -OCH3 is 1. The Morgan fingerprint density at radius 1 is 0.919 bits per heavy atom. The Morgan fingerprint density at radius 2 is 1.62 bits per heavy atom. The second kappa shape index (κ2) is 11.1. The molecule has 2 heterocycles. The van der Waals surface area contributed by atoms with Crippen LogP contribution in [0.1, 0.15) is 22.8 Å². The molecule has 0 aromatic heterocycles. The molecule has 0 bridgehead atoms. The molecule has 1 fully saturated rings. The minimum Gasteiger partial charge on any atom is -0.496 e. The molecule has 4 rings (SSSR count). The van der Waals surface area contributed by atoms with Crippen molar-refractivity contribution in [3.8, 4) is 5.75 Å². The molecular formula is C25H29N3O8S. The van der Waals surface area contributed by atoms with Crippen LogP contribution >= 0.6 is 0 Å².